The van der Waals surface area contributed by atoms with Gasteiger partial charge in [0.1, 0.15) is 6.10 Å². The Labute approximate surface area is 108 Å². The number of methoxy groups -OCH3 is 1. The molecule has 18 heavy (non-hydrogen) atoms. The van der Waals surface area contributed by atoms with Gasteiger partial charge >= 0.3 is 0 Å². The van der Waals surface area contributed by atoms with Crippen LogP contribution in [0, 0.1) is 23.2 Å². The number of hydrogen-bond acceptors (Lipinski definition) is 3. The van der Waals surface area contributed by atoms with Gasteiger partial charge in [-0.1, -0.05) is 19.1 Å². The van der Waals surface area contributed by atoms with Gasteiger partial charge in [0.2, 0.25) is 0 Å². The third-order valence-electron chi connectivity index (χ3n) is 6.04. The molecule has 0 amide bonds. The molecule has 3 nitrogen and oxygen atoms in total. The molecule has 2 saturated carbocycles. The number of carbonyl (C=O) groups is 1. The number of ether oxygens (including phenoxy) is 2. The lowest BCUT2D eigenvalue weighted by Crippen LogP contribution is -2.59. The van der Waals surface area contributed by atoms with Gasteiger partial charge in [-0.3, -0.25) is 4.79 Å². The van der Waals surface area contributed by atoms with Crippen LogP contribution in [0.3, 0.4) is 0 Å². The summed E-state index contributed by atoms with van der Waals surface area (Å²) in [5.41, 5.74) is -0.906. The molecule has 98 valence electrons. The molecule has 2 bridgehead atoms. The zero-order valence-electron chi connectivity index (χ0n) is 11.0. The highest BCUT2D eigenvalue weighted by molar-refractivity contribution is 6.00. The van der Waals surface area contributed by atoms with Crippen molar-refractivity contribution in [3.05, 3.63) is 12.2 Å². The first-order chi connectivity index (χ1) is 8.67. The van der Waals surface area contributed by atoms with E-state index >= 15 is 0 Å². The molecule has 6 atom stereocenters. The van der Waals surface area contributed by atoms with Gasteiger partial charge in [-0.2, -0.15) is 0 Å². The zero-order valence-corrected chi connectivity index (χ0v) is 11.0. The molecular weight excluding hydrogens is 228 g/mol. The topological polar surface area (TPSA) is 35.5 Å². The lowest BCUT2D eigenvalue weighted by atomic mass is 9.73. The molecule has 3 aliphatic carbocycles. The van der Waals surface area contributed by atoms with E-state index in [-0.39, 0.29) is 11.5 Å². The molecule has 3 heteroatoms. The van der Waals surface area contributed by atoms with Crippen LogP contribution in [-0.2, 0) is 14.3 Å². The van der Waals surface area contributed by atoms with Crippen molar-refractivity contribution in [1.82, 2.24) is 0 Å². The quantitative estimate of drug-likeness (QED) is 0.665. The average Bonchev–Trinajstić information content (AvgIpc) is 2.80. The highest BCUT2D eigenvalue weighted by Gasteiger charge is 2.74. The summed E-state index contributed by atoms with van der Waals surface area (Å²) in [6.07, 6.45) is 7.25. The van der Waals surface area contributed by atoms with Crippen LogP contribution in [0.2, 0.25) is 0 Å². The van der Waals surface area contributed by atoms with Gasteiger partial charge in [-0.15, -0.1) is 0 Å². The van der Waals surface area contributed by atoms with Gasteiger partial charge in [-0.25, -0.2) is 0 Å². The molecule has 3 fully saturated rings. The largest absolute Gasteiger partial charge is 0.371 e. The number of hydrogen-bond donors (Lipinski definition) is 0. The smallest absolute Gasteiger partial charge is 0.178 e. The summed E-state index contributed by atoms with van der Waals surface area (Å²) < 4.78 is 11.6. The molecule has 4 aliphatic rings. The van der Waals surface area contributed by atoms with E-state index in [1.165, 1.54) is 6.42 Å². The molecule has 4 rings (SSSR count). The van der Waals surface area contributed by atoms with E-state index in [9.17, 15) is 4.79 Å². The van der Waals surface area contributed by atoms with Crippen LogP contribution in [0.4, 0.5) is 0 Å². The first kappa shape index (κ1) is 11.2. The van der Waals surface area contributed by atoms with Crippen molar-refractivity contribution in [1.29, 1.82) is 0 Å². The van der Waals surface area contributed by atoms with Crippen molar-refractivity contribution in [3.63, 3.8) is 0 Å². The fourth-order valence-corrected chi connectivity index (χ4v) is 5.41. The second-order valence-corrected chi connectivity index (χ2v) is 6.45. The minimum absolute atomic E-state index is 0.155. The number of allylic oxidation sites excluding steroid dienone is 1. The third-order valence-corrected chi connectivity index (χ3v) is 6.04. The van der Waals surface area contributed by atoms with Crippen LogP contribution in [-0.4, -0.2) is 31.2 Å². The molecule has 0 N–H and O–H groups in total. The van der Waals surface area contributed by atoms with Gasteiger partial charge in [0.05, 0.1) is 5.41 Å². The van der Waals surface area contributed by atoms with Gasteiger partial charge < -0.3 is 9.47 Å². The average molecular weight is 248 g/mol. The van der Waals surface area contributed by atoms with Crippen molar-refractivity contribution in [2.24, 2.45) is 23.2 Å². The highest BCUT2D eigenvalue weighted by atomic mass is 16.6. The predicted octanol–water partition coefficient (Wildman–Crippen LogP) is 1.96. The third kappa shape index (κ3) is 0.925. The normalized spacial score (nSPS) is 56.9. The molecule has 1 heterocycles. The molecule has 1 aliphatic heterocycles. The summed E-state index contributed by atoms with van der Waals surface area (Å²) in [6, 6.07) is 0. The van der Waals surface area contributed by atoms with E-state index in [1.54, 1.807) is 7.11 Å². The minimum atomic E-state index is -0.674. The molecule has 0 radical (unpaired) electrons. The molecule has 1 spiro atoms. The van der Waals surface area contributed by atoms with Crippen LogP contribution in [0.25, 0.3) is 0 Å². The first-order valence-corrected chi connectivity index (χ1v) is 7.08. The van der Waals surface area contributed by atoms with Crippen molar-refractivity contribution in [2.45, 2.75) is 37.9 Å². The second-order valence-electron chi connectivity index (χ2n) is 6.45. The predicted molar refractivity (Wildman–Crippen MR) is 66.1 cm³/mol. The fourth-order valence-electron chi connectivity index (χ4n) is 5.41. The van der Waals surface area contributed by atoms with E-state index in [2.05, 4.69) is 19.1 Å². The summed E-state index contributed by atoms with van der Waals surface area (Å²) in [7, 11) is 1.69. The number of ketones is 1. The fraction of sp³-hybridized carbons (Fsp3) is 0.800. The Bertz CT molecular complexity index is 443. The van der Waals surface area contributed by atoms with Crippen LogP contribution < -0.4 is 0 Å². The maximum Gasteiger partial charge on any atom is 0.178 e. The summed E-state index contributed by atoms with van der Waals surface area (Å²) in [4.78, 5) is 13.0. The number of rotatable bonds is 1. The first-order valence-electron chi connectivity index (χ1n) is 7.08. The van der Waals surface area contributed by atoms with Crippen molar-refractivity contribution in [3.8, 4) is 0 Å². The van der Waals surface area contributed by atoms with Crippen molar-refractivity contribution < 1.29 is 14.3 Å². The van der Waals surface area contributed by atoms with Gasteiger partial charge in [-0.05, 0) is 31.1 Å². The summed E-state index contributed by atoms with van der Waals surface area (Å²) >= 11 is 0. The molecule has 0 aromatic heterocycles. The maximum absolute atomic E-state index is 13.0. The van der Waals surface area contributed by atoms with Gasteiger partial charge in [0.25, 0.3) is 0 Å². The monoisotopic (exact) mass is 248 g/mol. The number of Topliss-reactive ketones (excluding diaryl/α,β-unsaturated/α-hetero) is 1. The van der Waals surface area contributed by atoms with E-state index < -0.39 is 5.60 Å². The summed E-state index contributed by atoms with van der Waals surface area (Å²) in [5, 5.41) is 0. The van der Waals surface area contributed by atoms with E-state index in [1.807, 2.05) is 0 Å². The highest BCUT2D eigenvalue weighted by Crippen LogP contribution is 2.66. The maximum atomic E-state index is 13.0. The van der Waals surface area contributed by atoms with Crippen LogP contribution in [0.5, 0.6) is 0 Å². The Hall–Kier alpha value is -0.670. The molecular formula is C15H20O3. The Balaban J connectivity index is 1.95. The Morgan fingerprint density at radius 3 is 3.06 bits per heavy atom. The van der Waals surface area contributed by atoms with E-state index in [4.69, 9.17) is 9.47 Å². The van der Waals surface area contributed by atoms with E-state index in [0.29, 0.717) is 23.5 Å². The molecule has 0 aromatic rings. The van der Waals surface area contributed by atoms with Gasteiger partial charge in [0, 0.05) is 19.6 Å². The number of carbonyl (C=O) groups excluding carboxylic acids is 1. The lowest BCUT2D eigenvalue weighted by Gasteiger charge is -2.44. The summed E-state index contributed by atoms with van der Waals surface area (Å²) in [6.45, 7) is 3.06. The second kappa shape index (κ2) is 3.26. The summed E-state index contributed by atoms with van der Waals surface area (Å²) in [5.74, 6) is 1.75. The van der Waals surface area contributed by atoms with Crippen LogP contribution in [0.15, 0.2) is 12.2 Å². The minimum Gasteiger partial charge on any atom is -0.371 e. The Morgan fingerprint density at radius 1 is 1.44 bits per heavy atom. The molecule has 0 aromatic carbocycles. The Kier molecular flexibility index (Phi) is 2.02. The van der Waals surface area contributed by atoms with Crippen molar-refractivity contribution >= 4 is 5.78 Å². The zero-order chi connectivity index (χ0) is 12.5. The van der Waals surface area contributed by atoms with E-state index in [0.717, 1.165) is 19.4 Å². The SMILES string of the molecule is CO[C@]12C(=O)[C@]34C=C[C@H]1OCC[C@H]2[C@@H]3[C@@H](C)CC4. The van der Waals surface area contributed by atoms with Crippen molar-refractivity contribution in [2.75, 3.05) is 13.7 Å². The molecule has 0 unspecified atom stereocenters. The molecule has 1 saturated heterocycles. The Morgan fingerprint density at radius 2 is 2.28 bits per heavy atom. The van der Waals surface area contributed by atoms with Crippen LogP contribution >= 0.6 is 0 Å². The van der Waals surface area contributed by atoms with Gasteiger partial charge in [0.15, 0.2) is 11.4 Å². The lowest BCUT2D eigenvalue weighted by molar-refractivity contribution is -0.183. The van der Waals surface area contributed by atoms with Crippen LogP contribution in [0.1, 0.15) is 26.2 Å². The number of fused-ring (bicyclic) bond motifs is 1. The standard InChI is InChI=1S/C15H20O3/c1-9-3-6-14-7-4-11-15(17-2,13(14)16)10(12(9)14)5-8-18-11/h4,7,9-12H,3,5-6,8H2,1-2H3/t9-,10-,11+,12-,14+,15-/m0/s1.